The van der Waals surface area contributed by atoms with Gasteiger partial charge in [0.05, 0.1) is 31.9 Å². The molecule has 0 atom stereocenters. The lowest BCUT2D eigenvalue weighted by Gasteiger charge is -2.13. The molecule has 4 rings (SSSR count). The molecule has 0 radical (unpaired) electrons. The van der Waals surface area contributed by atoms with E-state index in [2.05, 4.69) is 5.32 Å². The number of imide groups is 1. The van der Waals surface area contributed by atoms with Gasteiger partial charge in [0.15, 0.2) is 0 Å². The van der Waals surface area contributed by atoms with Crippen molar-refractivity contribution < 1.29 is 28.8 Å². The Morgan fingerprint density at radius 1 is 1.12 bits per heavy atom. The van der Waals surface area contributed by atoms with Gasteiger partial charge in [0, 0.05) is 16.6 Å². The van der Waals surface area contributed by atoms with Gasteiger partial charge in [-0.3, -0.25) is 29.4 Å². The molecule has 3 amide bonds. The predicted molar refractivity (Wildman–Crippen MR) is 162 cm³/mol. The number of esters is 1. The van der Waals surface area contributed by atoms with E-state index < -0.39 is 34.5 Å². The summed E-state index contributed by atoms with van der Waals surface area (Å²) in [6, 6.07) is 16.4. The highest BCUT2D eigenvalue weighted by Gasteiger charge is 2.36. The third-order valence-corrected chi connectivity index (χ3v) is 8.12. The van der Waals surface area contributed by atoms with Gasteiger partial charge in [-0.15, -0.1) is 0 Å². The Kier molecular flexibility index (Phi) is 10.0. The van der Waals surface area contributed by atoms with Gasteiger partial charge < -0.3 is 10.1 Å². The van der Waals surface area contributed by atoms with E-state index in [0.717, 1.165) is 15.4 Å². The summed E-state index contributed by atoms with van der Waals surface area (Å²) in [7, 11) is 0. The van der Waals surface area contributed by atoms with Crippen LogP contribution in [-0.4, -0.2) is 46.0 Å². The minimum atomic E-state index is -0.708. The number of thioether (sulfide) groups is 1. The topological polar surface area (TPSA) is 136 Å². The smallest absolute Gasteiger partial charge is 0.339 e. The van der Waals surface area contributed by atoms with E-state index >= 15 is 0 Å². The molecule has 0 saturated carbocycles. The van der Waals surface area contributed by atoms with E-state index in [4.69, 9.17) is 16.3 Å². The quantitative estimate of drug-likeness (QED) is 0.110. The molecule has 1 aliphatic rings. The molecule has 0 unspecified atom stereocenters. The van der Waals surface area contributed by atoms with E-state index in [9.17, 15) is 29.3 Å². The van der Waals surface area contributed by atoms with Gasteiger partial charge >= 0.3 is 5.97 Å². The fraction of sp³-hybridized carbons (Fsp3) is 0.172. The van der Waals surface area contributed by atoms with E-state index in [1.807, 2.05) is 38.1 Å². The number of nitrogens with zero attached hydrogens (tertiary/aromatic N) is 2. The van der Waals surface area contributed by atoms with Crippen molar-refractivity contribution in [1.82, 2.24) is 4.90 Å². The molecule has 0 aromatic heterocycles. The van der Waals surface area contributed by atoms with Crippen molar-refractivity contribution in [3.05, 3.63) is 97.4 Å². The molecule has 10 nitrogen and oxygen atoms in total. The summed E-state index contributed by atoms with van der Waals surface area (Å²) in [4.78, 5) is 63.8. The molecular weight excluding hydrogens is 602 g/mol. The van der Waals surface area contributed by atoms with Crippen molar-refractivity contribution >= 4 is 75.6 Å². The average Bonchev–Trinajstić information content (AvgIpc) is 3.21. The molecule has 1 aliphatic heterocycles. The highest BCUT2D eigenvalue weighted by Crippen LogP contribution is 2.37. The lowest BCUT2D eigenvalue weighted by atomic mass is 10.2. The summed E-state index contributed by atoms with van der Waals surface area (Å²) in [5, 5.41) is 13.8. The van der Waals surface area contributed by atoms with Crippen molar-refractivity contribution in [2.75, 3.05) is 18.5 Å². The van der Waals surface area contributed by atoms with Gasteiger partial charge in [-0.05, 0) is 73.1 Å². The second kappa shape index (κ2) is 13.7. The highest BCUT2D eigenvalue weighted by atomic mass is 35.5. The second-order valence-electron chi connectivity index (χ2n) is 9.05. The van der Waals surface area contributed by atoms with Gasteiger partial charge in [-0.2, -0.15) is 0 Å². The number of nitrogens with one attached hydrogen (secondary N) is 1. The maximum absolute atomic E-state index is 13.0. The number of nitro groups is 1. The van der Waals surface area contributed by atoms with Crippen LogP contribution in [0.5, 0.6) is 0 Å². The van der Waals surface area contributed by atoms with Crippen LogP contribution in [0.4, 0.5) is 16.2 Å². The summed E-state index contributed by atoms with van der Waals surface area (Å²) >= 11 is 7.96. The van der Waals surface area contributed by atoms with Crippen LogP contribution in [0.25, 0.3) is 6.08 Å². The zero-order chi connectivity index (χ0) is 30.4. The van der Waals surface area contributed by atoms with Crippen LogP contribution in [0.1, 0.15) is 34.8 Å². The highest BCUT2D eigenvalue weighted by molar-refractivity contribution is 8.18. The largest absolute Gasteiger partial charge is 0.462 e. The molecule has 1 fully saturated rings. The minimum absolute atomic E-state index is 0.0217. The van der Waals surface area contributed by atoms with Crippen molar-refractivity contribution in [1.29, 1.82) is 0 Å². The number of ether oxygens (including phenoxy) is 1. The van der Waals surface area contributed by atoms with E-state index in [0.29, 0.717) is 28.6 Å². The average molecular weight is 626 g/mol. The van der Waals surface area contributed by atoms with E-state index in [1.165, 1.54) is 42.1 Å². The number of anilines is 1. The van der Waals surface area contributed by atoms with Crippen LogP contribution in [-0.2, 0) is 14.3 Å². The Hall–Kier alpha value is -4.13. The Morgan fingerprint density at radius 3 is 2.55 bits per heavy atom. The lowest BCUT2D eigenvalue weighted by molar-refractivity contribution is -0.387. The number of carbonyl (C=O) groups excluding carboxylic acids is 4. The molecule has 1 N–H and O–H groups in total. The first-order valence-electron chi connectivity index (χ1n) is 12.6. The third kappa shape index (κ3) is 7.58. The molecule has 0 aliphatic carbocycles. The van der Waals surface area contributed by atoms with Crippen molar-refractivity contribution in [2.24, 2.45) is 0 Å². The monoisotopic (exact) mass is 625 g/mol. The maximum Gasteiger partial charge on any atom is 0.339 e. The molecule has 1 saturated heterocycles. The van der Waals surface area contributed by atoms with E-state index in [-0.39, 0.29) is 33.5 Å². The van der Waals surface area contributed by atoms with Crippen LogP contribution >= 0.6 is 35.1 Å². The second-order valence-corrected chi connectivity index (χ2v) is 11.6. The number of amides is 3. The van der Waals surface area contributed by atoms with Gasteiger partial charge in [0.25, 0.3) is 16.8 Å². The number of carbonyl (C=O) groups is 4. The normalized spacial score (nSPS) is 13.9. The lowest BCUT2D eigenvalue weighted by Crippen LogP contribution is -2.36. The molecule has 3 aromatic carbocycles. The third-order valence-electron chi connectivity index (χ3n) is 5.81. The Labute approximate surface area is 254 Å². The zero-order valence-corrected chi connectivity index (χ0v) is 24.8. The summed E-state index contributed by atoms with van der Waals surface area (Å²) in [5.74, 6) is -2.03. The number of aryl methyl sites for hydroxylation is 1. The van der Waals surface area contributed by atoms with Crippen LogP contribution in [0.15, 0.2) is 75.4 Å². The van der Waals surface area contributed by atoms with Gasteiger partial charge in [0.1, 0.15) is 6.54 Å². The number of rotatable bonds is 10. The summed E-state index contributed by atoms with van der Waals surface area (Å²) in [5.41, 5.74) is 1.57. The first-order valence-corrected chi connectivity index (χ1v) is 14.6. The van der Waals surface area contributed by atoms with Crippen LogP contribution in [0.3, 0.4) is 0 Å². The van der Waals surface area contributed by atoms with Crippen LogP contribution in [0, 0.1) is 17.0 Å². The minimum Gasteiger partial charge on any atom is -0.462 e. The van der Waals surface area contributed by atoms with Crippen molar-refractivity contribution in [3.63, 3.8) is 0 Å². The molecular formula is C29H24ClN3O7S2. The first-order chi connectivity index (χ1) is 20.0. The summed E-state index contributed by atoms with van der Waals surface area (Å²) < 4.78 is 5.09. The first kappa shape index (κ1) is 30.8. The summed E-state index contributed by atoms with van der Waals surface area (Å²) in [6.45, 7) is 3.43. The number of benzene rings is 3. The van der Waals surface area contributed by atoms with Gasteiger partial charge in [0.2, 0.25) is 5.91 Å². The number of hydrogen-bond donors (Lipinski definition) is 1. The van der Waals surface area contributed by atoms with Gasteiger partial charge in [-0.1, -0.05) is 54.0 Å². The number of hydrogen-bond acceptors (Lipinski definition) is 9. The standard InChI is InChI=1S/C29H24ClN3O7S2/c1-3-12-40-28(36)21-15-19(7-10-22(21)30)31-26(34)16-32-27(35)25(42-29(32)37)14-18-6-11-24(23(13-18)33(38)39)41-20-8-4-17(2)5-9-20/h4-11,13-15H,3,12,16H2,1-2H3,(H,31,34)/b25-14-. The van der Waals surface area contributed by atoms with Gasteiger partial charge in [-0.25, -0.2) is 4.79 Å². The molecule has 13 heteroatoms. The molecule has 0 spiro atoms. The SMILES string of the molecule is CCCOC(=O)c1cc(NC(=O)CN2C(=O)S/C(=C\c3ccc(Sc4ccc(C)cc4)c([N+](=O)[O-])c3)C2=O)ccc1Cl. The van der Waals surface area contributed by atoms with Crippen LogP contribution in [0.2, 0.25) is 5.02 Å². The molecule has 3 aromatic rings. The molecule has 1 heterocycles. The maximum atomic E-state index is 13.0. The number of halogens is 1. The Morgan fingerprint density at radius 2 is 1.86 bits per heavy atom. The van der Waals surface area contributed by atoms with Crippen molar-refractivity contribution in [3.8, 4) is 0 Å². The molecule has 42 heavy (non-hydrogen) atoms. The van der Waals surface area contributed by atoms with Crippen molar-refractivity contribution in [2.45, 2.75) is 30.1 Å². The zero-order valence-electron chi connectivity index (χ0n) is 22.4. The fourth-order valence-corrected chi connectivity index (χ4v) is 5.68. The summed E-state index contributed by atoms with van der Waals surface area (Å²) in [6.07, 6.45) is 2.00. The number of nitro benzene ring substituents is 1. The van der Waals surface area contributed by atoms with E-state index in [1.54, 1.807) is 12.1 Å². The molecule has 216 valence electrons. The van der Waals surface area contributed by atoms with Crippen LogP contribution < -0.4 is 5.32 Å². The predicted octanol–water partition coefficient (Wildman–Crippen LogP) is 6.95. The molecule has 0 bridgehead atoms. The Bertz CT molecular complexity index is 1610. The Balaban J connectivity index is 1.46. The fourth-order valence-electron chi connectivity index (χ4n) is 3.75.